The van der Waals surface area contributed by atoms with Gasteiger partial charge in [0, 0.05) is 50.4 Å². The molecule has 1 aliphatic rings. The molecule has 0 atom stereocenters. The van der Waals surface area contributed by atoms with Crippen LogP contribution in [0.15, 0.2) is 47.4 Å². The number of methoxy groups -OCH3 is 2. The molecule has 2 aromatic rings. The molecule has 0 saturated carbocycles. The number of rotatable bonds is 7. The molecular weight excluding hydrogens is 486 g/mol. The molecule has 0 spiro atoms. The summed E-state index contributed by atoms with van der Waals surface area (Å²) in [6.45, 7) is 2.42. The van der Waals surface area contributed by atoms with Crippen molar-refractivity contribution in [1.82, 2.24) is 9.21 Å². The van der Waals surface area contributed by atoms with Gasteiger partial charge in [-0.2, -0.15) is 4.31 Å². The number of piperazine rings is 1. The van der Waals surface area contributed by atoms with Crippen LogP contribution in [0, 0.1) is 10.1 Å². The number of hydrogen-bond acceptors (Lipinski definition) is 9. The van der Waals surface area contributed by atoms with E-state index in [1.807, 2.05) is 18.2 Å². The number of carboxylic acids is 2. The standard InChI is InChI=1S/C19H23N3O6S.C2H2O4/c1-27-17-5-8-19(28-2)15(13-17)14-20-9-11-21(12-10-20)29(25,26)18-6-3-16(4-7-18)22(23)24;3-1(4)2(5)6/h3-8,13H,9-12,14H2,1-2H3;(H,3,4)(H,5,6). The van der Waals surface area contributed by atoms with Crippen molar-refractivity contribution in [2.24, 2.45) is 0 Å². The number of benzene rings is 2. The Bertz CT molecular complexity index is 1150. The summed E-state index contributed by atoms with van der Waals surface area (Å²) in [5.74, 6) is -2.16. The average molecular weight is 512 g/mol. The van der Waals surface area contributed by atoms with E-state index in [1.54, 1.807) is 14.2 Å². The SMILES string of the molecule is COc1ccc(OC)c(CN2CCN(S(=O)(=O)c3ccc([N+](=O)[O-])cc3)CC2)c1.O=C(O)C(=O)O. The third kappa shape index (κ3) is 7.37. The number of sulfonamides is 1. The monoisotopic (exact) mass is 511 g/mol. The van der Waals surface area contributed by atoms with Crippen molar-refractivity contribution in [2.45, 2.75) is 11.4 Å². The Kier molecular flexibility index (Phi) is 9.50. The summed E-state index contributed by atoms with van der Waals surface area (Å²) in [4.78, 5) is 30.6. The lowest BCUT2D eigenvalue weighted by Crippen LogP contribution is -2.48. The quantitative estimate of drug-likeness (QED) is 0.311. The number of ether oxygens (including phenoxy) is 2. The van der Waals surface area contributed by atoms with Crippen LogP contribution in [0.5, 0.6) is 11.5 Å². The van der Waals surface area contributed by atoms with Gasteiger partial charge in [0.2, 0.25) is 10.0 Å². The number of nitrogens with zero attached hydrogens (tertiary/aromatic N) is 3. The molecule has 1 aliphatic heterocycles. The third-order valence-electron chi connectivity index (χ3n) is 5.08. The number of nitro benzene ring substituents is 1. The predicted molar refractivity (Wildman–Crippen MR) is 122 cm³/mol. The summed E-state index contributed by atoms with van der Waals surface area (Å²) in [6, 6.07) is 10.6. The lowest BCUT2D eigenvalue weighted by molar-refractivity contribution is -0.384. The predicted octanol–water partition coefficient (Wildman–Crippen LogP) is 1.27. The first-order chi connectivity index (χ1) is 16.5. The van der Waals surface area contributed by atoms with Crippen LogP contribution < -0.4 is 9.47 Å². The summed E-state index contributed by atoms with van der Waals surface area (Å²) in [6.07, 6.45) is 0. The summed E-state index contributed by atoms with van der Waals surface area (Å²) >= 11 is 0. The molecule has 0 radical (unpaired) electrons. The van der Waals surface area contributed by atoms with Gasteiger partial charge in [-0.05, 0) is 30.3 Å². The van der Waals surface area contributed by atoms with Gasteiger partial charge in [0.25, 0.3) is 5.69 Å². The fraction of sp³-hybridized carbons (Fsp3) is 0.333. The minimum absolute atomic E-state index is 0.0611. The molecule has 1 saturated heterocycles. The maximum absolute atomic E-state index is 12.8. The topological polar surface area (TPSA) is 177 Å². The van der Waals surface area contributed by atoms with E-state index < -0.39 is 26.9 Å². The highest BCUT2D eigenvalue weighted by molar-refractivity contribution is 7.89. The van der Waals surface area contributed by atoms with Gasteiger partial charge in [-0.3, -0.25) is 15.0 Å². The fourth-order valence-corrected chi connectivity index (χ4v) is 4.69. The van der Waals surface area contributed by atoms with Crippen LogP contribution >= 0.6 is 0 Å². The highest BCUT2D eigenvalue weighted by atomic mass is 32.2. The normalized spacial score (nSPS) is 14.3. The summed E-state index contributed by atoms with van der Waals surface area (Å²) in [5.41, 5.74) is 0.833. The van der Waals surface area contributed by atoms with Gasteiger partial charge in [-0.25, -0.2) is 18.0 Å². The maximum atomic E-state index is 12.8. The molecule has 0 aromatic heterocycles. The number of carboxylic acid groups (broad SMARTS) is 2. The van der Waals surface area contributed by atoms with Crippen molar-refractivity contribution in [2.75, 3.05) is 40.4 Å². The van der Waals surface area contributed by atoms with Crippen LogP contribution in [0.3, 0.4) is 0 Å². The van der Waals surface area contributed by atoms with Crippen molar-refractivity contribution in [3.05, 3.63) is 58.1 Å². The zero-order valence-corrected chi connectivity index (χ0v) is 19.8. The minimum atomic E-state index is -3.68. The lowest BCUT2D eigenvalue weighted by atomic mass is 10.1. The lowest BCUT2D eigenvalue weighted by Gasteiger charge is -2.34. The van der Waals surface area contributed by atoms with Crippen molar-refractivity contribution >= 4 is 27.6 Å². The molecule has 0 bridgehead atoms. The van der Waals surface area contributed by atoms with E-state index in [4.69, 9.17) is 29.3 Å². The highest BCUT2D eigenvalue weighted by Gasteiger charge is 2.29. The summed E-state index contributed by atoms with van der Waals surface area (Å²) in [5, 5.41) is 25.5. The Labute approximate surface area is 201 Å². The van der Waals surface area contributed by atoms with Gasteiger partial charge < -0.3 is 19.7 Å². The van der Waals surface area contributed by atoms with Crippen LogP contribution in [0.4, 0.5) is 5.69 Å². The van der Waals surface area contributed by atoms with Crippen molar-refractivity contribution in [3.8, 4) is 11.5 Å². The molecule has 0 unspecified atom stereocenters. The largest absolute Gasteiger partial charge is 0.497 e. The van der Waals surface area contributed by atoms with E-state index in [-0.39, 0.29) is 10.6 Å². The first-order valence-electron chi connectivity index (χ1n) is 10.1. The molecule has 3 rings (SSSR count). The molecule has 13 nitrogen and oxygen atoms in total. The van der Waals surface area contributed by atoms with Crippen LogP contribution in [0.2, 0.25) is 0 Å². The van der Waals surface area contributed by atoms with Crippen LogP contribution in [-0.2, 0) is 26.2 Å². The van der Waals surface area contributed by atoms with E-state index in [0.29, 0.717) is 32.7 Å². The molecule has 2 N–H and O–H groups in total. The Balaban J connectivity index is 0.000000641. The first kappa shape index (κ1) is 27.5. The first-order valence-corrected chi connectivity index (χ1v) is 11.6. The Morgan fingerprint density at radius 2 is 1.54 bits per heavy atom. The number of non-ortho nitro benzene ring substituents is 1. The molecule has 14 heteroatoms. The summed E-state index contributed by atoms with van der Waals surface area (Å²) in [7, 11) is -0.469. The second-order valence-electron chi connectivity index (χ2n) is 7.22. The average Bonchev–Trinajstić information content (AvgIpc) is 2.84. The van der Waals surface area contributed by atoms with Gasteiger partial charge in [0.05, 0.1) is 24.0 Å². The Morgan fingerprint density at radius 1 is 0.971 bits per heavy atom. The van der Waals surface area contributed by atoms with E-state index in [0.717, 1.165) is 17.1 Å². The number of carbonyl (C=O) groups is 2. The van der Waals surface area contributed by atoms with Gasteiger partial charge in [-0.15, -0.1) is 0 Å². The van der Waals surface area contributed by atoms with Crippen molar-refractivity contribution < 1.29 is 42.6 Å². The van der Waals surface area contributed by atoms with Gasteiger partial charge in [0.15, 0.2) is 0 Å². The van der Waals surface area contributed by atoms with E-state index >= 15 is 0 Å². The molecule has 0 aliphatic carbocycles. The van der Waals surface area contributed by atoms with E-state index in [1.165, 1.54) is 28.6 Å². The van der Waals surface area contributed by atoms with Crippen LogP contribution in [0.25, 0.3) is 0 Å². The van der Waals surface area contributed by atoms with E-state index in [2.05, 4.69) is 4.90 Å². The van der Waals surface area contributed by atoms with Crippen LogP contribution in [0.1, 0.15) is 5.56 Å². The molecule has 2 aromatic carbocycles. The molecule has 1 fully saturated rings. The zero-order chi connectivity index (χ0) is 26.2. The Hall–Kier alpha value is -3.75. The van der Waals surface area contributed by atoms with E-state index in [9.17, 15) is 18.5 Å². The number of hydrogen-bond donors (Lipinski definition) is 2. The number of nitro groups is 1. The molecule has 0 amide bonds. The minimum Gasteiger partial charge on any atom is -0.497 e. The zero-order valence-electron chi connectivity index (χ0n) is 19.0. The number of aliphatic carboxylic acids is 2. The maximum Gasteiger partial charge on any atom is 0.414 e. The van der Waals surface area contributed by atoms with Gasteiger partial charge in [0.1, 0.15) is 11.5 Å². The van der Waals surface area contributed by atoms with Crippen LogP contribution in [-0.4, -0.2) is 85.1 Å². The second-order valence-corrected chi connectivity index (χ2v) is 9.16. The fourth-order valence-electron chi connectivity index (χ4n) is 3.26. The summed E-state index contributed by atoms with van der Waals surface area (Å²) < 4.78 is 37.7. The molecule has 35 heavy (non-hydrogen) atoms. The molecule has 190 valence electrons. The Morgan fingerprint density at radius 3 is 2.00 bits per heavy atom. The third-order valence-corrected chi connectivity index (χ3v) is 6.99. The highest BCUT2D eigenvalue weighted by Crippen LogP contribution is 2.26. The molecule has 1 heterocycles. The smallest absolute Gasteiger partial charge is 0.414 e. The van der Waals surface area contributed by atoms with Gasteiger partial charge >= 0.3 is 11.9 Å². The van der Waals surface area contributed by atoms with Crippen molar-refractivity contribution in [1.29, 1.82) is 0 Å². The second kappa shape index (κ2) is 12.1. The molecular formula is C21H25N3O10S. The van der Waals surface area contributed by atoms with Crippen molar-refractivity contribution in [3.63, 3.8) is 0 Å². The van der Waals surface area contributed by atoms with Gasteiger partial charge in [-0.1, -0.05) is 0 Å².